The second kappa shape index (κ2) is 4.56. The molecular formula is C11H13FN2O3S. The highest BCUT2D eigenvalue weighted by Crippen LogP contribution is 2.22. The van der Waals surface area contributed by atoms with Crippen molar-refractivity contribution in [3.05, 3.63) is 24.0 Å². The molecule has 0 aromatic heterocycles. The van der Waals surface area contributed by atoms with Gasteiger partial charge in [0.25, 0.3) is 0 Å². The van der Waals surface area contributed by atoms with Crippen molar-refractivity contribution in [1.29, 1.82) is 0 Å². The van der Waals surface area contributed by atoms with Gasteiger partial charge in [0.2, 0.25) is 5.91 Å². The molecular weight excluding hydrogens is 259 g/mol. The van der Waals surface area contributed by atoms with Crippen molar-refractivity contribution in [3.8, 4) is 0 Å². The Morgan fingerprint density at radius 1 is 1.44 bits per heavy atom. The molecule has 18 heavy (non-hydrogen) atoms. The first-order valence-corrected chi connectivity index (χ1v) is 7.26. The van der Waals surface area contributed by atoms with Gasteiger partial charge < -0.3 is 11.1 Å². The Labute approximate surface area is 104 Å². The fraction of sp³-hybridized carbons (Fsp3) is 0.364. The van der Waals surface area contributed by atoms with Crippen molar-refractivity contribution in [3.63, 3.8) is 0 Å². The topological polar surface area (TPSA) is 89.3 Å². The van der Waals surface area contributed by atoms with E-state index in [1.807, 2.05) is 0 Å². The van der Waals surface area contributed by atoms with Crippen LogP contribution < -0.4 is 11.1 Å². The molecule has 7 heteroatoms. The summed E-state index contributed by atoms with van der Waals surface area (Å²) in [6.07, 6.45) is 0.276. The van der Waals surface area contributed by atoms with E-state index in [2.05, 4.69) is 5.32 Å². The molecule has 1 atom stereocenters. The van der Waals surface area contributed by atoms with E-state index in [0.29, 0.717) is 5.69 Å². The first kappa shape index (κ1) is 12.8. The second-order valence-corrected chi connectivity index (χ2v) is 6.56. The van der Waals surface area contributed by atoms with E-state index in [1.54, 1.807) is 0 Å². The Hall–Kier alpha value is -1.63. The van der Waals surface area contributed by atoms with Gasteiger partial charge in [-0.2, -0.15) is 0 Å². The van der Waals surface area contributed by atoms with Gasteiger partial charge in [-0.15, -0.1) is 0 Å². The van der Waals surface area contributed by atoms with Crippen LogP contribution in [0.15, 0.2) is 18.2 Å². The van der Waals surface area contributed by atoms with Gasteiger partial charge in [0.1, 0.15) is 5.82 Å². The molecule has 98 valence electrons. The van der Waals surface area contributed by atoms with Gasteiger partial charge in [0, 0.05) is 5.69 Å². The van der Waals surface area contributed by atoms with Gasteiger partial charge in [-0.05, 0) is 24.6 Å². The average molecular weight is 272 g/mol. The SMILES string of the molecule is Nc1ccc(F)c(NC(=O)C2CCS(=O)(=O)C2)c1. The quantitative estimate of drug-likeness (QED) is 0.779. The van der Waals surface area contributed by atoms with E-state index in [1.165, 1.54) is 12.1 Å². The number of nitrogen functional groups attached to an aromatic ring is 1. The van der Waals surface area contributed by atoms with Crippen molar-refractivity contribution < 1.29 is 17.6 Å². The van der Waals surface area contributed by atoms with E-state index < -0.39 is 27.5 Å². The van der Waals surface area contributed by atoms with Gasteiger partial charge in [-0.1, -0.05) is 0 Å². The zero-order valence-corrected chi connectivity index (χ0v) is 10.3. The number of amides is 1. The van der Waals surface area contributed by atoms with Crippen LogP contribution in [-0.4, -0.2) is 25.8 Å². The lowest BCUT2D eigenvalue weighted by molar-refractivity contribution is -0.119. The van der Waals surface area contributed by atoms with Crippen LogP contribution >= 0.6 is 0 Å². The zero-order valence-electron chi connectivity index (χ0n) is 9.52. The third-order valence-electron chi connectivity index (χ3n) is 2.85. The van der Waals surface area contributed by atoms with Crippen LogP contribution in [0.1, 0.15) is 6.42 Å². The van der Waals surface area contributed by atoms with Crippen molar-refractivity contribution in [1.82, 2.24) is 0 Å². The predicted octanol–water partition coefficient (Wildman–Crippen LogP) is 0.781. The summed E-state index contributed by atoms with van der Waals surface area (Å²) in [5, 5.41) is 2.37. The first-order valence-electron chi connectivity index (χ1n) is 5.44. The standard InChI is InChI=1S/C11H13FN2O3S/c12-9-2-1-8(13)5-10(9)14-11(15)7-3-4-18(16,17)6-7/h1-2,5,7H,3-4,6,13H2,(H,14,15). The maximum atomic E-state index is 13.4. The molecule has 5 nitrogen and oxygen atoms in total. The number of sulfone groups is 1. The molecule has 0 aliphatic carbocycles. The number of hydrogen-bond acceptors (Lipinski definition) is 4. The highest BCUT2D eigenvalue weighted by molar-refractivity contribution is 7.91. The largest absolute Gasteiger partial charge is 0.399 e. The lowest BCUT2D eigenvalue weighted by Gasteiger charge is -2.10. The molecule has 0 spiro atoms. The Morgan fingerprint density at radius 2 is 2.17 bits per heavy atom. The smallest absolute Gasteiger partial charge is 0.228 e. The van der Waals surface area contributed by atoms with E-state index >= 15 is 0 Å². The third-order valence-corrected chi connectivity index (χ3v) is 4.62. The number of hydrogen-bond donors (Lipinski definition) is 2. The molecule has 1 fully saturated rings. The van der Waals surface area contributed by atoms with Gasteiger partial charge in [-0.25, -0.2) is 12.8 Å². The lowest BCUT2D eigenvalue weighted by atomic mass is 10.1. The van der Waals surface area contributed by atoms with E-state index in [4.69, 9.17) is 5.73 Å². The number of nitrogens with one attached hydrogen (secondary N) is 1. The number of anilines is 2. The van der Waals surface area contributed by atoms with Crippen LogP contribution in [0.4, 0.5) is 15.8 Å². The lowest BCUT2D eigenvalue weighted by Crippen LogP contribution is -2.24. The van der Waals surface area contributed by atoms with Gasteiger partial charge >= 0.3 is 0 Å². The predicted molar refractivity (Wildman–Crippen MR) is 66.2 cm³/mol. The molecule has 1 aliphatic rings. The second-order valence-electron chi connectivity index (χ2n) is 4.33. The molecule has 1 saturated heterocycles. The van der Waals surface area contributed by atoms with Crippen LogP contribution in [0.2, 0.25) is 0 Å². The molecule has 0 saturated carbocycles. The van der Waals surface area contributed by atoms with Gasteiger partial charge in [0.15, 0.2) is 9.84 Å². The minimum Gasteiger partial charge on any atom is -0.399 e. The summed E-state index contributed by atoms with van der Waals surface area (Å²) in [4.78, 5) is 11.8. The van der Waals surface area contributed by atoms with Crippen molar-refractivity contribution in [2.75, 3.05) is 22.6 Å². The summed E-state index contributed by atoms with van der Waals surface area (Å²) in [5.41, 5.74) is 5.79. The van der Waals surface area contributed by atoms with Crippen molar-refractivity contribution >= 4 is 27.1 Å². The van der Waals surface area contributed by atoms with E-state index in [-0.39, 0.29) is 23.6 Å². The van der Waals surface area contributed by atoms with Crippen LogP contribution in [0, 0.1) is 11.7 Å². The molecule has 1 aromatic carbocycles. The minimum atomic E-state index is -3.13. The zero-order chi connectivity index (χ0) is 13.3. The number of carbonyl (C=O) groups is 1. The average Bonchev–Trinajstić information content (AvgIpc) is 2.64. The van der Waals surface area contributed by atoms with Crippen molar-refractivity contribution in [2.45, 2.75) is 6.42 Å². The summed E-state index contributed by atoms with van der Waals surface area (Å²) in [5.74, 6) is -1.87. The summed E-state index contributed by atoms with van der Waals surface area (Å²) in [7, 11) is -3.13. The highest BCUT2D eigenvalue weighted by atomic mass is 32.2. The maximum absolute atomic E-state index is 13.4. The normalized spacial score (nSPS) is 21.7. The number of halogens is 1. The number of benzene rings is 1. The fourth-order valence-electron chi connectivity index (χ4n) is 1.88. The number of nitrogens with two attached hydrogens (primary N) is 1. The Balaban J connectivity index is 2.10. The Bertz CT molecular complexity index is 586. The molecule has 1 aromatic rings. The van der Waals surface area contributed by atoms with Crippen LogP contribution in [0.3, 0.4) is 0 Å². The molecule has 1 heterocycles. The molecule has 0 bridgehead atoms. The van der Waals surface area contributed by atoms with E-state index in [9.17, 15) is 17.6 Å². The number of rotatable bonds is 2. The third kappa shape index (κ3) is 2.79. The highest BCUT2D eigenvalue weighted by Gasteiger charge is 2.33. The molecule has 3 N–H and O–H groups in total. The first-order chi connectivity index (χ1) is 8.37. The van der Waals surface area contributed by atoms with Crippen LogP contribution in [-0.2, 0) is 14.6 Å². The van der Waals surface area contributed by atoms with E-state index in [0.717, 1.165) is 6.07 Å². The molecule has 1 unspecified atom stereocenters. The maximum Gasteiger partial charge on any atom is 0.228 e. The summed E-state index contributed by atoms with van der Waals surface area (Å²) in [6.45, 7) is 0. The molecule has 0 radical (unpaired) electrons. The van der Waals surface area contributed by atoms with Crippen LogP contribution in [0.5, 0.6) is 0 Å². The summed E-state index contributed by atoms with van der Waals surface area (Å²) in [6, 6.07) is 3.83. The summed E-state index contributed by atoms with van der Waals surface area (Å²) < 4.78 is 35.9. The number of carbonyl (C=O) groups excluding carboxylic acids is 1. The molecule has 1 amide bonds. The monoisotopic (exact) mass is 272 g/mol. The minimum absolute atomic E-state index is 0.00446. The molecule has 1 aliphatic heterocycles. The van der Waals surface area contributed by atoms with Gasteiger partial charge in [-0.3, -0.25) is 4.79 Å². The van der Waals surface area contributed by atoms with Crippen molar-refractivity contribution in [2.24, 2.45) is 5.92 Å². The van der Waals surface area contributed by atoms with Gasteiger partial charge in [0.05, 0.1) is 23.1 Å². The fourth-order valence-corrected chi connectivity index (χ4v) is 3.62. The van der Waals surface area contributed by atoms with Crippen LogP contribution in [0.25, 0.3) is 0 Å². The summed E-state index contributed by atoms with van der Waals surface area (Å²) >= 11 is 0. The Kier molecular flexibility index (Phi) is 3.25. The molecule has 2 rings (SSSR count). The Morgan fingerprint density at radius 3 is 2.78 bits per heavy atom.